The van der Waals surface area contributed by atoms with Crippen molar-refractivity contribution in [1.29, 1.82) is 0 Å². The number of hydrogen-bond donors (Lipinski definition) is 1. The van der Waals surface area contributed by atoms with E-state index in [1.165, 1.54) is 6.26 Å². The van der Waals surface area contributed by atoms with Gasteiger partial charge in [-0.25, -0.2) is 8.42 Å². The Morgan fingerprint density at radius 1 is 1.35 bits per heavy atom. The Balaban J connectivity index is 2.34. The lowest BCUT2D eigenvalue weighted by Crippen LogP contribution is -2.16. The molecular weight excluding hydrogens is 278 g/mol. The third-order valence-electron chi connectivity index (χ3n) is 3.03. The Bertz CT molecular complexity index is 553. The topological polar surface area (TPSA) is 60.2 Å². The van der Waals surface area contributed by atoms with E-state index in [9.17, 15) is 8.42 Å². The van der Waals surface area contributed by atoms with Gasteiger partial charge in [0.2, 0.25) is 0 Å². The lowest BCUT2D eigenvalue weighted by Gasteiger charge is -1.99. The van der Waals surface area contributed by atoms with Crippen molar-refractivity contribution in [2.75, 3.05) is 6.26 Å². The molecule has 0 amide bonds. The summed E-state index contributed by atoms with van der Waals surface area (Å²) in [5, 5.41) is 0.137. The second-order valence-corrected chi connectivity index (χ2v) is 7.41. The molecule has 1 aromatic rings. The predicted molar refractivity (Wildman–Crippen MR) is 73.1 cm³/mol. The van der Waals surface area contributed by atoms with Gasteiger partial charge in [0, 0.05) is 23.1 Å². The molecule has 1 saturated carbocycles. The molecule has 0 aliphatic heterocycles. The summed E-state index contributed by atoms with van der Waals surface area (Å²) in [7, 11) is -3.13. The highest BCUT2D eigenvalue weighted by atomic mass is 35.5. The average Bonchev–Trinajstić information content (AvgIpc) is 2.93. The Kier molecular flexibility index (Phi) is 3.18. The number of benzene rings is 1. The maximum Gasteiger partial charge on any atom is 0.151 e. The van der Waals surface area contributed by atoms with E-state index in [0.29, 0.717) is 5.02 Å². The molecule has 0 spiro atoms. The molecule has 6 heteroatoms. The molecule has 2 N–H and O–H groups in total. The number of hydrogen-bond acceptors (Lipinski definition) is 3. The van der Waals surface area contributed by atoms with Gasteiger partial charge in [-0.3, -0.25) is 0 Å². The van der Waals surface area contributed by atoms with E-state index < -0.39 is 15.1 Å². The highest BCUT2D eigenvalue weighted by Crippen LogP contribution is 2.52. The lowest BCUT2D eigenvalue weighted by atomic mass is 10.1. The molecule has 1 aliphatic carbocycles. The van der Waals surface area contributed by atoms with Crippen LogP contribution in [0.3, 0.4) is 0 Å². The molecule has 0 aromatic heterocycles. The van der Waals surface area contributed by atoms with Crippen LogP contribution in [-0.4, -0.2) is 24.9 Å². The molecule has 1 aliphatic rings. The van der Waals surface area contributed by atoms with Crippen molar-refractivity contribution in [3.63, 3.8) is 0 Å². The minimum atomic E-state index is -3.13. The van der Waals surface area contributed by atoms with Gasteiger partial charge in [-0.05, 0) is 17.7 Å². The second-order valence-electron chi connectivity index (χ2n) is 4.30. The fraction of sp³-hybridized carbons (Fsp3) is 0.364. The van der Waals surface area contributed by atoms with Gasteiger partial charge >= 0.3 is 0 Å². The van der Waals surface area contributed by atoms with E-state index in [2.05, 4.69) is 0 Å². The first-order valence-electron chi connectivity index (χ1n) is 5.06. The Morgan fingerprint density at radius 3 is 2.24 bits per heavy atom. The minimum Gasteiger partial charge on any atom is -0.393 e. The molecular formula is C11H12ClNO2S2. The van der Waals surface area contributed by atoms with Crippen molar-refractivity contribution in [2.24, 2.45) is 11.7 Å². The summed E-state index contributed by atoms with van der Waals surface area (Å²) in [5.41, 5.74) is 6.50. The van der Waals surface area contributed by atoms with Crippen molar-refractivity contribution in [1.82, 2.24) is 0 Å². The number of thiocarbonyl (C=S) groups is 1. The monoisotopic (exact) mass is 289 g/mol. The molecule has 1 aromatic carbocycles. The SMILES string of the molecule is CS(=O)(=O)[C@@H]1[C@H](C(N)=S)[C@@H]1c1ccc(Cl)cc1. The van der Waals surface area contributed by atoms with Gasteiger partial charge in [0.15, 0.2) is 9.84 Å². The molecule has 3 nitrogen and oxygen atoms in total. The average molecular weight is 290 g/mol. The van der Waals surface area contributed by atoms with Gasteiger partial charge in [-0.15, -0.1) is 0 Å². The Hall–Kier alpha value is -0.650. The van der Waals surface area contributed by atoms with E-state index >= 15 is 0 Å². The zero-order valence-corrected chi connectivity index (χ0v) is 11.5. The first kappa shape index (κ1) is 12.8. The minimum absolute atomic E-state index is 0.125. The molecule has 2 rings (SSSR count). The van der Waals surface area contributed by atoms with Crippen LogP contribution in [0.1, 0.15) is 11.5 Å². The van der Waals surface area contributed by atoms with Gasteiger partial charge in [-0.1, -0.05) is 36.0 Å². The maximum absolute atomic E-state index is 11.6. The van der Waals surface area contributed by atoms with E-state index in [1.807, 2.05) is 12.1 Å². The van der Waals surface area contributed by atoms with Crippen molar-refractivity contribution in [2.45, 2.75) is 11.2 Å². The standard InChI is InChI=1S/C11H12ClNO2S2/c1-17(14,15)10-8(9(10)11(13)16)6-2-4-7(12)5-3-6/h2-5,8-10H,1H3,(H2,13,16)/t8-,9+,10-/m0/s1. The van der Waals surface area contributed by atoms with Gasteiger partial charge in [0.25, 0.3) is 0 Å². The summed E-state index contributed by atoms with van der Waals surface area (Å²) >= 11 is 10.7. The van der Waals surface area contributed by atoms with E-state index in [4.69, 9.17) is 29.6 Å². The highest BCUT2D eigenvalue weighted by Gasteiger charge is 2.58. The third kappa shape index (κ3) is 2.46. The molecule has 17 heavy (non-hydrogen) atoms. The normalized spacial score (nSPS) is 27.8. The molecule has 0 bridgehead atoms. The third-order valence-corrected chi connectivity index (χ3v) is 5.13. The summed E-state index contributed by atoms with van der Waals surface area (Å²) in [4.78, 5) is 0.264. The van der Waals surface area contributed by atoms with Crippen LogP contribution in [0.5, 0.6) is 0 Å². The van der Waals surface area contributed by atoms with E-state index in [1.54, 1.807) is 12.1 Å². The van der Waals surface area contributed by atoms with Crippen molar-refractivity contribution < 1.29 is 8.42 Å². The van der Waals surface area contributed by atoms with Crippen molar-refractivity contribution in [3.8, 4) is 0 Å². The van der Waals surface area contributed by atoms with Gasteiger partial charge in [0.05, 0.1) is 10.2 Å². The Morgan fingerprint density at radius 2 is 1.88 bits per heavy atom. The van der Waals surface area contributed by atoms with Crippen LogP contribution in [0.4, 0.5) is 0 Å². The van der Waals surface area contributed by atoms with Crippen LogP contribution in [-0.2, 0) is 9.84 Å². The molecule has 0 radical (unpaired) electrons. The van der Waals surface area contributed by atoms with Crippen LogP contribution in [0.15, 0.2) is 24.3 Å². The molecule has 0 heterocycles. The van der Waals surface area contributed by atoms with Gasteiger partial charge in [0.1, 0.15) is 0 Å². The lowest BCUT2D eigenvalue weighted by molar-refractivity contribution is 0.599. The van der Waals surface area contributed by atoms with Crippen LogP contribution >= 0.6 is 23.8 Å². The number of rotatable bonds is 3. The van der Waals surface area contributed by atoms with Gasteiger partial charge in [-0.2, -0.15) is 0 Å². The summed E-state index contributed by atoms with van der Waals surface area (Å²) in [6, 6.07) is 7.13. The van der Waals surface area contributed by atoms with E-state index in [-0.39, 0.29) is 16.8 Å². The molecule has 1 fully saturated rings. The summed E-state index contributed by atoms with van der Waals surface area (Å²) in [5.74, 6) is -0.374. The zero-order valence-electron chi connectivity index (χ0n) is 9.13. The number of halogens is 1. The second kappa shape index (κ2) is 4.23. The zero-order chi connectivity index (χ0) is 12.8. The summed E-state index contributed by atoms with van der Waals surface area (Å²) in [6.07, 6.45) is 1.22. The smallest absolute Gasteiger partial charge is 0.151 e. The van der Waals surface area contributed by atoms with Crippen LogP contribution in [0.25, 0.3) is 0 Å². The summed E-state index contributed by atoms with van der Waals surface area (Å²) < 4.78 is 23.2. The fourth-order valence-electron chi connectivity index (χ4n) is 2.24. The molecule has 92 valence electrons. The summed E-state index contributed by atoms with van der Waals surface area (Å²) in [6.45, 7) is 0. The predicted octanol–water partition coefficient (Wildman–Crippen LogP) is 1.75. The van der Waals surface area contributed by atoms with Crippen molar-refractivity contribution in [3.05, 3.63) is 34.9 Å². The van der Waals surface area contributed by atoms with E-state index in [0.717, 1.165) is 5.56 Å². The number of sulfone groups is 1. The van der Waals surface area contributed by atoms with Crippen LogP contribution in [0.2, 0.25) is 5.02 Å². The van der Waals surface area contributed by atoms with Crippen molar-refractivity contribution >= 4 is 38.6 Å². The quantitative estimate of drug-likeness (QED) is 0.861. The molecule has 0 saturated heterocycles. The largest absolute Gasteiger partial charge is 0.393 e. The first-order valence-corrected chi connectivity index (χ1v) is 7.80. The molecule has 3 atom stereocenters. The van der Waals surface area contributed by atoms with Gasteiger partial charge < -0.3 is 5.73 Å². The first-order chi connectivity index (χ1) is 7.82. The maximum atomic E-state index is 11.6. The fourth-order valence-corrected chi connectivity index (χ4v) is 4.36. The number of nitrogens with two attached hydrogens (primary N) is 1. The van der Waals surface area contributed by atoms with Crippen LogP contribution in [0, 0.1) is 5.92 Å². The highest BCUT2D eigenvalue weighted by molar-refractivity contribution is 7.91. The Labute approximate surface area is 111 Å². The molecule has 0 unspecified atom stereocenters. The van der Waals surface area contributed by atoms with Crippen LogP contribution < -0.4 is 5.73 Å².